The number of benzene rings is 1. The van der Waals surface area contributed by atoms with Crippen molar-refractivity contribution < 1.29 is 9.53 Å². The van der Waals surface area contributed by atoms with Crippen molar-refractivity contribution in [3.63, 3.8) is 0 Å². The number of nitrogens with zero attached hydrogens (tertiary/aromatic N) is 2. The average Bonchev–Trinajstić information content (AvgIpc) is 3.15. The smallest absolute Gasteiger partial charge is 0.253 e. The van der Waals surface area contributed by atoms with E-state index < -0.39 is 0 Å². The zero-order chi connectivity index (χ0) is 17.1. The SMILES string of the molecule is O=C(NCc1cccnc1)c1cncc(-c2ccc3c(c2)CCO3)c1. The second-order valence-corrected chi connectivity index (χ2v) is 5.93. The van der Waals surface area contributed by atoms with Crippen molar-refractivity contribution >= 4 is 5.91 Å². The molecule has 0 unspecified atom stereocenters. The zero-order valence-electron chi connectivity index (χ0n) is 13.6. The fraction of sp³-hybridized carbons (Fsp3) is 0.150. The second kappa shape index (κ2) is 6.73. The van der Waals surface area contributed by atoms with E-state index in [4.69, 9.17) is 4.74 Å². The average molecular weight is 331 g/mol. The van der Waals surface area contributed by atoms with Gasteiger partial charge in [-0.05, 0) is 41.0 Å². The Morgan fingerprint density at radius 2 is 2.04 bits per heavy atom. The van der Waals surface area contributed by atoms with Gasteiger partial charge in [0.25, 0.3) is 5.91 Å². The fourth-order valence-corrected chi connectivity index (χ4v) is 2.88. The molecule has 0 fully saturated rings. The van der Waals surface area contributed by atoms with Crippen molar-refractivity contribution in [2.75, 3.05) is 6.61 Å². The summed E-state index contributed by atoms with van der Waals surface area (Å²) in [6, 6.07) is 11.7. The molecular weight excluding hydrogens is 314 g/mol. The predicted molar refractivity (Wildman–Crippen MR) is 94.3 cm³/mol. The van der Waals surface area contributed by atoms with Gasteiger partial charge in [-0.15, -0.1) is 0 Å². The first kappa shape index (κ1) is 15.3. The molecular formula is C20H17N3O2. The molecule has 1 aliphatic heterocycles. The summed E-state index contributed by atoms with van der Waals surface area (Å²) in [6.07, 6.45) is 7.72. The lowest BCUT2D eigenvalue weighted by molar-refractivity contribution is 0.0950. The topological polar surface area (TPSA) is 64.1 Å². The van der Waals surface area contributed by atoms with Crippen LogP contribution in [0.5, 0.6) is 5.75 Å². The summed E-state index contributed by atoms with van der Waals surface area (Å²) in [5.41, 5.74) is 4.66. The summed E-state index contributed by atoms with van der Waals surface area (Å²) in [7, 11) is 0. The maximum Gasteiger partial charge on any atom is 0.253 e. The Balaban J connectivity index is 1.52. The maximum atomic E-state index is 12.4. The van der Waals surface area contributed by atoms with Crippen LogP contribution in [-0.4, -0.2) is 22.5 Å². The highest BCUT2D eigenvalue weighted by molar-refractivity contribution is 5.95. The van der Waals surface area contributed by atoms with E-state index in [1.807, 2.05) is 30.3 Å². The molecule has 0 spiro atoms. The first-order valence-electron chi connectivity index (χ1n) is 8.18. The summed E-state index contributed by atoms with van der Waals surface area (Å²) in [6.45, 7) is 1.17. The lowest BCUT2D eigenvalue weighted by atomic mass is 10.0. The van der Waals surface area contributed by atoms with Crippen LogP contribution in [-0.2, 0) is 13.0 Å². The highest BCUT2D eigenvalue weighted by atomic mass is 16.5. The second-order valence-electron chi connectivity index (χ2n) is 5.93. The molecule has 25 heavy (non-hydrogen) atoms. The Labute approximate surface area is 145 Å². The lowest BCUT2D eigenvalue weighted by Crippen LogP contribution is -2.23. The molecule has 0 radical (unpaired) electrons. The van der Waals surface area contributed by atoms with Crippen LogP contribution in [0.3, 0.4) is 0 Å². The standard InChI is InChI=1S/C20H17N3O2/c24-20(23-11-14-2-1-6-21-10-14)18-9-17(12-22-13-18)15-3-4-19-16(8-15)5-7-25-19/h1-4,6,8-10,12-13H,5,7,11H2,(H,23,24). The molecule has 5 nitrogen and oxygen atoms in total. The number of nitrogens with one attached hydrogen (secondary N) is 1. The van der Waals surface area contributed by atoms with Gasteiger partial charge >= 0.3 is 0 Å². The lowest BCUT2D eigenvalue weighted by Gasteiger charge is -2.08. The zero-order valence-corrected chi connectivity index (χ0v) is 13.6. The van der Waals surface area contributed by atoms with Gasteiger partial charge in [0.05, 0.1) is 12.2 Å². The van der Waals surface area contributed by atoms with Gasteiger partial charge in [0.2, 0.25) is 0 Å². The number of pyridine rings is 2. The van der Waals surface area contributed by atoms with Crippen molar-refractivity contribution in [1.29, 1.82) is 0 Å². The highest BCUT2D eigenvalue weighted by Gasteiger charge is 2.14. The number of fused-ring (bicyclic) bond motifs is 1. The molecule has 1 aliphatic rings. The Bertz CT molecular complexity index is 910. The molecule has 1 aromatic carbocycles. The van der Waals surface area contributed by atoms with Crippen LogP contribution < -0.4 is 10.1 Å². The quantitative estimate of drug-likeness (QED) is 0.798. The molecule has 3 heterocycles. The van der Waals surface area contributed by atoms with Crippen LogP contribution >= 0.6 is 0 Å². The molecule has 0 atom stereocenters. The molecule has 0 aliphatic carbocycles. The summed E-state index contributed by atoms with van der Waals surface area (Å²) in [5, 5.41) is 2.90. The maximum absolute atomic E-state index is 12.4. The molecule has 0 bridgehead atoms. The Morgan fingerprint density at radius 3 is 2.92 bits per heavy atom. The minimum absolute atomic E-state index is 0.150. The van der Waals surface area contributed by atoms with Gasteiger partial charge in [-0.2, -0.15) is 0 Å². The van der Waals surface area contributed by atoms with Gasteiger partial charge in [-0.25, -0.2) is 0 Å². The summed E-state index contributed by atoms with van der Waals surface area (Å²) in [4.78, 5) is 20.7. The van der Waals surface area contributed by atoms with E-state index in [-0.39, 0.29) is 5.91 Å². The number of amides is 1. The van der Waals surface area contributed by atoms with Crippen molar-refractivity contribution in [3.05, 3.63) is 77.9 Å². The van der Waals surface area contributed by atoms with E-state index in [2.05, 4.69) is 21.4 Å². The van der Waals surface area contributed by atoms with Crippen molar-refractivity contribution in [3.8, 4) is 16.9 Å². The number of aromatic nitrogens is 2. The van der Waals surface area contributed by atoms with Crippen LogP contribution in [0.25, 0.3) is 11.1 Å². The minimum atomic E-state index is -0.150. The van der Waals surface area contributed by atoms with Crippen LogP contribution in [0.1, 0.15) is 21.5 Å². The van der Waals surface area contributed by atoms with Crippen LogP contribution in [0.2, 0.25) is 0 Å². The van der Waals surface area contributed by atoms with E-state index in [9.17, 15) is 4.79 Å². The Morgan fingerprint density at radius 1 is 1.08 bits per heavy atom. The van der Waals surface area contributed by atoms with Crippen molar-refractivity contribution in [2.45, 2.75) is 13.0 Å². The van der Waals surface area contributed by atoms with Gasteiger partial charge in [-0.3, -0.25) is 14.8 Å². The predicted octanol–water partition coefficient (Wildman–Crippen LogP) is 3.01. The Hall–Kier alpha value is -3.21. The van der Waals surface area contributed by atoms with Gasteiger partial charge < -0.3 is 10.1 Å². The minimum Gasteiger partial charge on any atom is -0.493 e. The van der Waals surface area contributed by atoms with E-state index >= 15 is 0 Å². The first-order chi connectivity index (χ1) is 12.3. The highest BCUT2D eigenvalue weighted by Crippen LogP contribution is 2.30. The molecule has 4 rings (SSSR count). The van der Waals surface area contributed by atoms with E-state index in [0.717, 1.165) is 35.5 Å². The number of ether oxygens (including phenoxy) is 1. The monoisotopic (exact) mass is 331 g/mol. The van der Waals surface area contributed by atoms with E-state index in [1.54, 1.807) is 24.8 Å². The number of rotatable bonds is 4. The van der Waals surface area contributed by atoms with Crippen molar-refractivity contribution in [1.82, 2.24) is 15.3 Å². The van der Waals surface area contributed by atoms with Gasteiger partial charge in [-0.1, -0.05) is 12.1 Å². The van der Waals surface area contributed by atoms with E-state index in [0.29, 0.717) is 12.1 Å². The number of hydrogen-bond acceptors (Lipinski definition) is 4. The third-order valence-corrected chi connectivity index (χ3v) is 4.20. The Kier molecular flexibility index (Phi) is 4.12. The molecule has 5 heteroatoms. The summed E-state index contributed by atoms with van der Waals surface area (Å²) >= 11 is 0. The van der Waals surface area contributed by atoms with Crippen molar-refractivity contribution in [2.24, 2.45) is 0 Å². The number of hydrogen-bond donors (Lipinski definition) is 1. The van der Waals surface area contributed by atoms with Gasteiger partial charge in [0, 0.05) is 43.3 Å². The van der Waals surface area contributed by atoms with Gasteiger partial charge in [0.1, 0.15) is 5.75 Å². The van der Waals surface area contributed by atoms with Crippen LogP contribution in [0, 0.1) is 0 Å². The molecule has 3 aromatic rings. The summed E-state index contributed by atoms with van der Waals surface area (Å²) in [5.74, 6) is 0.796. The van der Waals surface area contributed by atoms with Crippen LogP contribution in [0.15, 0.2) is 61.2 Å². The molecule has 2 aromatic heterocycles. The number of carbonyl (C=O) groups excluding carboxylic acids is 1. The molecule has 124 valence electrons. The van der Waals surface area contributed by atoms with Crippen LogP contribution in [0.4, 0.5) is 0 Å². The normalized spacial score (nSPS) is 12.3. The third kappa shape index (κ3) is 3.35. The van der Waals surface area contributed by atoms with E-state index in [1.165, 1.54) is 5.56 Å². The summed E-state index contributed by atoms with van der Waals surface area (Å²) < 4.78 is 5.54. The largest absolute Gasteiger partial charge is 0.493 e. The molecule has 1 amide bonds. The number of carbonyl (C=O) groups is 1. The molecule has 0 saturated carbocycles. The fourth-order valence-electron chi connectivity index (χ4n) is 2.88. The third-order valence-electron chi connectivity index (χ3n) is 4.20. The molecule has 1 N–H and O–H groups in total. The molecule has 0 saturated heterocycles. The first-order valence-corrected chi connectivity index (χ1v) is 8.18. The van der Waals surface area contributed by atoms with Gasteiger partial charge in [0.15, 0.2) is 0 Å².